The van der Waals surface area contributed by atoms with Gasteiger partial charge in [0.25, 0.3) is 0 Å². The first-order valence-electron chi connectivity index (χ1n) is 6.21. The maximum atomic E-state index is 6.37. The van der Waals surface area contributed by atoms with E-state index in [1.807, 2.05) is 35.9 Å². The third-order valence-electron chi connectivity index (χ3n) is 3.22. The number of nitrogens with zero attached hydrogens (tertiary/aromatic N) is 2. The summed E-state index contributed by atoms with van der Waals surface area (Å²) in [6, 6.07) is 0.218. The van der Waals surface area contributed by atoms with Gasteiger partial charge in [0, 0.05) is 53.4 Å². The van der Waals surface area contributed by atoms with Crippen LogP contribution in [0.25, 0.3) is 0 Å². The Morgan fingerprint density at radius 3 is 3.00 bits per heavy atom. The van der Waals surface area contributed by atoms with E-state index >= 15 is 0 Å². The summed E-state index contributed by atoms with van der Waals surface area (Å²) in [5, 5.41) is 1.23. The number of thioether (sulfide) groups is 2. The van der Waals surface area contributed by atoms with E-state index in [-0.39, 0.29) is 6.04 Å². The Bertz CT molecular complexity index is 353. The fraction of sp³-hybridized carbons (Fsp3) is 0.750. The predicted molar refractivity (Wildman–Crippen MR) is 77.7 cm³/mol. The Kier molecular flexibility index (Phi) is 4.82. The predicted octanol–water partition coefficient (Wildman–Crippen LogP) is 2.01. The van der Waals surface area contributed by atoms with Gasteiger partial charge in [0.15, 0.2) is 0 Å². The molecule has 2 heterocycles. The molecule has 0 aliphatic carbocycles. The molecular weight excluding hydrogens is 250 g/mol. The van der Waals surface area contributed by atoms with Gasteiger partial charge < -0.3 is 10.3 Å². The summed E-state index contributed by atoms with van der Waals surface area (Å²) < 4.78 is 2.19. The van der Waals surface area contributed by atoms with Crippen LogP contribution < -0.4 is 5.73 Å². The molecule has 0 bridgehead atoms. The first kappa shape index (κ1) is 13.3. The van der Waals surface area contributed by atoms with Crippen LogP contribution in [-0.4, -0.2) is 37.6 Å². The van der Waals surface area contributed by atoms with Crippen molar-refractivity contribution in [2.75, 3.05) is 11.5 Å². The Hall–Kier alpha value is -0.130. The smallest absolute Gasteiger partial charge is 0.110 e. The number of rotatable bonds is 4. The third kappa shape index (κ3) is 3.20. The van der Waals surface area contributed by atoms with Crippen molar-refractivity contribution < 1.29 is 0 Å². The molecule has 3 unspecified atom stereocenters. The summed E-state index contributed by atoms with van der Waals surface area (Å²) in [6.07, 6.45) is 4.80. The van der Waals surface area contributed by atoms with E-state index in [0.29, 0.717) is 10.5 Å². The minimum atomic E-state index is 0.218. The van der Waals surface area contributed by atoms with Gasteiger partial charge in [0.2, 0.25) is 0 Å². The molecule has 1 fully saturated rings. The summed E-state index contributed by atoms with van der Waals surface area (Å²) in [6.45, 7) is 5.42. The van der Waals surface area contributed by atoms with Crippen LogP contribution in [0.2, 0.25) is 0 Å². The lowest BCUT2D eigenvalue weighted by Gasteiger charge is -2.32. The topological polar surface area (TPSA) is 43.8 Å². The van der Waals surface area contributed by atoms with Gasteiger partial charge in [-0.25, -0.2) is 4.98 Å². The monoisotopic (exact) mass is 271 g/mol. The molecule has 3 nitrogen and oxygen atoms in total. The number of aryl methyl sites for hydroxylation is 1. The molecule has 1 aliphatic heterocycles. The van der Waals surface area contributed by atoms with Gasteiger partial charge in [-0.2, -0.15) is 23.5 Å². The third-order valence-corrected chi connectivity index (χ3v) is 6.49. The van der Waals surface area contributed by atoms with Gasteiger partial charge in [-0.15, -0.1) is 0 Å². The van der Waals surface area contributed by atoms with Crippen molar-refractivity contribution in [2.24, 2.45) is 5.73 Å². The van der Waals surface area contributed by atoms with Gasteiger partial charge in [-0.3, -0.25) is 0 Å². The Balaban J connectivity index is 1.98. The minimum absolute atomic E-state index is 0.218. The number of imidazole rings is 1. The van der Waals surface area contributed by atoms with Crippen molar-refractivity contribution in [2.45, 2.75) is 43.4 Å². The molecule has 0 radical (unpaired) electrons. The van der Waals surface area contributed by atoms with Crippen molar-refractivity contribution in [3.63, 3.8) is 0 Å². The molecule has 0 saturated carbocycles. The van der Waals surface area contributed by atoms with E-state index in [0.717, 1.165) is 18.8 Å². The summed E-state index contributed by atoms with van der Waals surface area (Å²) in [5.74, 6) is 3.62. The molecule has 0 aromatic carbocycles. The van der Waals surface area contributed by atoms with Crippen molar-refractivity contribution in [1.29, 1.82) is 0 Å². The number of hydrogen-bond donors (Lipinski definition) is 1. The molecular formula is C12H21N3S2. The second kappa shape index (κ2) is 6.16. The zero-order valence-electron chi connectivity index (χ0n) is 10.5. The maximum absolute atomic E-state index is 6.37. The molecule has 1 aromatic heterocycles. The van der Waals surface area contributed by atoms with Crippen molar-refractivity contribution in [1.82, 2.24) is 9.55 Å². The molecule has 3 atom stereocenters. The van der Waals surface area contributed by atoms with Gasteiger partial charge in [-0.1, -0.05) is 6.92 Å². The fourth-order valence-corrected chi connectivity index (χ4v) is 5.16. The Morgan fingerprint density at radius 1 is 1.53 bits per heavy atom. The molecule has 0 spiro atoms. The molecule has 5 heteroatoms. The molecule has 17 heavy (non-hydrogen) atoms. The second-order valence-corrected chi connectivity index (χ2v) is 7.18. The van der Waals surface area contributed by atoms with Crippen LogP contribution in [0.5, 0.6) is 0 Å². The second-order valence-electron chi connectivity index (χ2n) is 4.41. The average molecular weight is 271 g/mol. The van der Waals surface area contributed by atoms with Crippen molar-refractivity contribution in [3.8, 4) is 0 Å². The zero-order valence-corrected chi connectivity index (χ0v) is 12.1. The van der Waals surface area contributed by atoms with E-state index in [9.17, 15) is 0 Å². The van der Waals surface area contributed by atoms with Gasteiger partial charge in [0.1, 0.15) is 5.82 Å². The normalized spacial score (nSPS) is 27.0. The van der Waals surface area contributed by atoms with Gasteiger partial charge in [0.05, 0.1) is 0 Å². The molecule has 1 aliphatic rings. The number of aromatic nitrogens is 2. The fourth-order valence-electron chi connectivity index (χ4n) is 2.27. The minimum Gasteiger partial charge on any atom is -0.335 e. The Labute approximate surface area is 112 Å². The van der Waals surface area contributed by atoms with Gasteiger partial charge >= 0.3 is 0 Å². The van der Waals surface area contributed by atoms with E-state index in [1.54, 1.807) is 0 Å². The van der Waals surface area contributed by atoms with Crippen LogP contribution in [0.4, 0.5) is 0 Å². The van der Waals surface area contributed by atoms with E-state index in [2.05, 4.69) is 23.4 Å². The molecule has 0 amide bonds. The SMILES string of the molecule is CCn1ccnc1CC(N)C1SCCSC1C. The highest BCUT2D eigenvalue weighted by Crippen LogP contribution is 2.33. The summed E-state index contributed by atoms with van der Waals surface area (Å²) in [4.78, 5) is 4.41. The van der Waals surface area contributed by atoms with Gasteiger partial charge in [-0.05, 0) is 6.92 Å². The molecule has 2 N–H and O–H groups in total. The summed E-state index contributed by atoms with van der Waals surface area (Å²) in [7, 11) is 0. The van der Waals surface area contributed by atoms with Crippen LogP contribution in [0.1, 0.15) is 19.7 Å². The molecule has 1 aromatic rings. The number of hydrogen-bond acceptors (Lipinski definition) is 4. The van der Waals surface area contributed by atoms with Crippen molar-refractivity contribution >= 4 is 23.5 Å². The lowest BCUT2D eigenvalue weighted by Crippen LogP contribution is -2.42. The van der Waals surface area contributed by atoms with Crippen LogP contribution in [0, 0.1) is 0 Å². The van der Waals surface area contributed by atoms with Crippen LogP contribution >= 0.6 is 23.5 Å². The van der Waals surface area contributed by atoms with Crippen LogP contribution in [0.15, 0.2) is 12.4 Å². The molecule has 1 saturated heterocycles. The lowest BCUT2D eigenvalue weighted by molar-refractivity contribution is 0.578. The first-order chi connectivity index (χ1) is 8.22. The largest absolute Gasteiger partial charge is 0.335 e. The van der Waals surface area contributed by atoms with Crippen LogP contribution in [0.3, 0.4) is 0 Å². The molecule has 96 valence electrons. The van der Waals surface area contributed by atoms with Crippen molar-refractivity contribution in [3.05, 3.63) is 18.2 Å². The highest BCUT2D eigenvalue weighted by molar-refractivity contribution is 8.07. The highest BCUT2D eigenvalue weighted by atomic mass is 32.2. The summed E-state index contributed by atoms with van der Waals surface area (Å²) in [5.41, 5.74) is 6.37. The standard InChI is InChI=1S/C12H21N3S2/c1-3-15-5-4-14-11(15)8-10(13)12-9(2)16-6-7-17-12/h4-5,9-10,12H,3,6-8,13H2,1-2H3. The Morgan fingerprint density at radius 2 is 2.29 bits per heavy atom. The molecule has 2 rings (SSSR count). The van der Waals surface area contributed by atoms with E-state index < -0.39 is 0 Å². The summed E-state index contributed by atoms with van der Waals surface area (Å²) >= 11 is 4.08. The quantitative estimate of drug-likeness (QED) is 0.910. The first-order valence-corrected chi connectivity index (χ1v) is 8.31. The zero-order chi connectivity index (χ0) is 12.3. The number of nitrogens with two attached hydrogens (primary N) is 1. The average Bonchev–Trinajstić information content (AvgIpc) is 2.76. The van der Waals surface area contributed by atoms with Crippen LogP contribution in [-0.2, 0) is 13.0 Å². The van der Waals surface area contributed by atoms with E-state index in [4.69, 9.17) is 5.73 Å². The highest BCUT2D eigenvalue weighted by Gasteiger charge is 2.28. The van der Waals surface area contributed by atoms with E-state index in [1.165, 1.54) is 11.5 Å². The lowest BCUT2D eigenvalue weighted by atomic mass is 10.1. The maximum Gasteiger partial charge on any atom is 0.110 e.